The standard InChI is InChI=1S/C11H19F3N2O2S2/c1-10(9(15)19)4-6-16(7-5-10)20(17,18)8-2-3-11(12,13)14/h2-8H2,1H3,(H2,15,19). The first-order chi connectivity index (χ1) is 8.96. The molecule has 0 aliphatic carbocycles. The van der Waals surface area contributed by atoms with Crippen molar-refractivity contribution in [3.05, 3.63) is 0 Å². The van der Waals surface area contributed by atoms with Crippen molar-refractivity contribution in [3.8, 4) is 0 Å². The maximum atomic E-state index is 12.0. The molecule has 1 aliphatic rings. The lowest BCUT2D eigenvalue weighted by Gasteiger charge is -2.38. The minimum Gasteiger partial charge on any atom is -0.393 e. The van der Waals surface area contributed by atoms with E-state index in [9.17, 15) is 21.6 Å². The van der Waals surface area contributed by atoms with Gasteiger partial charge in [-0.05, 0) is 19.3 Å². The van der Waals surface area contributed by atoms with Gasteiger partial charge in [0.15, 0.2) is 0 Å². The van der Waals surface area contributed by atoms with E-state index in [4.69, 9.17) is 18.0 Å². The number of halogens is 3. The van der Waals surface area contributed by atoms with Crippen LogP contribution in [0.2, 0.25) is 0 Å². The van der Waals surface area contributed by atoms with Gasteiger partial charge in [0.05, 0.1) is 10.7 Å². The second-order valence-electron chi connectivity index (χ2n) is 5.36. The zero-order valence-corrected chi connectivity index (χ0v) is 12.9. The van der Waals surface area contributed by atoms with Gasteiger partial charge < -0.3 is 5.73 Å². The topological polar surface area (TPSA) is 63.4 Å². The predicted octanol–water partition coefficient (Wildman–Crippen LogP) is 2.05. The van der Waals surface area contributed by atoms with Gasteiger partial charge in [-0.2, -0.15) is 13.2 Å². The molecular formula is C11H19F3N2O2S2. The molecule has 1 fully saturated rings. The molecule has 0 aromatic carbocycles. The summed E-state index contributed by atoms with van der Waals surface area (Å²) in [6, 6.07) is 0. The number of alkyl halides is 3. The molecule has 1 saturated heterocycles. The Hall–Kier alpha value is -0.410. The van der Waals surface area contributed by atoms with E-state index in [0.29, 0.717) is 17.8 Å². The van der Waals surface area contributed by atoms with Gasteiger partial charge in [-0.3, -0.25) is 0 Å². The molecule has 0 radical (unpaired) electrons. The average Bonchev–Trinajstić information content (AvgIpc) is 2.27. The number of piperidine rings is 1. The summed E-state index contributed by atoms with van der Waals surface area (Å²) in [4.78, 5) is 0.353. The van der Waals surface area contributed by atoms with E-state index in [1.807, 2.05) is 6.92 Å². The van der Waals surface area contributed by atoms with E-state index < -0.39 is 34.8 Å². The van der Waals surface area contributed by atoms with E-state index in [1.165, 1.54) is 4.31 Å². The van der Waals surface area contributed by atoms with Crippen molar-refractivity contribution in [1.29, 1.82) is 0 Å². The molecule has 1 rings (SSSR count). The Balaban J connectivity index is 2.53. The van der Waals surface area contributed by atoms with Crippen LogP contribution in [0.15, 0.2) is 0 Å². The highest BCUT2D eigenvalue weighted by atomic mass is 32.2. The van der Waals surface area contributed by atoms with E-state index in [1.54, 1.807) is 0 Å². The summed E-state index contributed by atoms with van der Waals surface area (Å²) in [6.07, 6.45) is -4.80. The van der Waals surface area contributed by atoms with Crippen molar-refractivity contribution in [3.63, 3.8) is 0 Å². The molecule has 2 N–H and O–H groups in total. The van der Waals surface area contributed by atoms with Gasteiger partial charge in [0.2, 0.25) is 10.0 Å². The third-order valence-electron chi connectivity index (χ3n) is 3.68. The number of hydrogen-bond donors (Lipinski definition) is 1. The van der Waals surface area contributed by atoms with E-state index in [-0.39, 0.29) is 18.5 Å². The average molecular weight is 332 g/mol. The molecule has 4 nitrogen and oxygen atoms in total. The van der Waals surface area contributed by atoms with Gasteiger partial charge in [-0.1, -0.05) is 19.1 Å². The van der Waals surface area contributed by atoms with E-state index in [0.717, 1.165) is 0 Å². The summed E-state index contributed by atoms with van der Waals surface area (Å²) in [7, 11) is -3.63. The third kappa shape index (κ3) is 4.85. The highest BCUT2D eigenvalue weighted by Gasteiger charge is 2.37. The van der Waals surface area contributed by atoms with Gasteiger partial charge in [0.25, 0.3) is 0 Å². The van der Waals surface area contributed by atoms with Crippen molar-refractivity contribution in [1.82, 2.24) is 4.31 Å². The number of sulfonamides is 1. The van der Waals surface area contributed by atoms with E-state index in [2.05, 4.69) is 0 Å². The van der Waals surface area contributed by atoms with Gasteiger partial charge in [-0.15, -0.1) is 0 Å². The highest BCUT2D eigenvalue weighted by molar-refractivity contribution is 7.89. The minimum absolute atomic E-state index is 0.252. The van der Waals surface area contributed by atoms with Crippen LogP contribution >= 0.6 is 12.2 Å². The SMILES string of the molecule is CC1(C(N)=S)CCN(S(=O)(=O)CCCC(F)(F)F)CC1. The Morgan fingerprint density at radius 2 is 1.85 bits per heavy atom. The fourth-order valence-corrected chi connectivity index (χ4v) is 3.80. The van der Waals surface area contributed by atoms with Crippen LogP contribution < -0.4 is 5.73 Å². The molecule has 118 valence electrons. The second-order valence-corrected chi connectivity index (χ2v) is 7.89. The van der Waals surface area contributed by atoms with Crippen LogP contribution in [-0.4, -0.2) is 42.7 Å². The van der Waals surface area contributed by atoms with Crippen LogP contribution in [0.5, 0.6) is 0 Å². The maximum Gasteiger partial charge on any atom is 0.389 e. The van der Waals surface area contributed by atoms with Crippen molar-refractivity contribution in [2.75, 3.05) is 18.8 Å². The van der Waals surface area contributed by atoms with Crippen LogP contribution in [0.1, 0.15) is 32.6 Å². The minimum atomic E-state index is -4.32. The Morgan fingerprint density at radius 1 is 1.35 bits per heavy atom. The number of rotatable bonds is 5. The van der Waals surface area contributed by atoms with Gasteiger partial charge in [-0.25, -0.2) is 12.7 Å². The van der Waals surface area contributed by atoms with Gasteiger partial charge >= 0.3 is 6.18 Å². The van der Waals surface area contributed by atoms with Crippen molar-refractivity contribution < 1.29 is 21.6 Å². The van der Waals surface area contributed by atoms with Gasteiger partial charge in [0, 0.05) is 24.9 Å². The molecule has 0 atom stereocenters. The van der Waals surface area contributed by atoms with Crippen LogP contribution in [0, 0.1) is 5.41 Å². The summed E-state index contributed by atoms with van der Waals surface area (Å²) in [5, 5.41) is 0. The summed E-state index contributed by atoms with van der Waals surface area (Å²) in [5.41, 5.74) is 5.25. The zero-order chi connectivity index (χ0) is 15.6. The Kier molecular flexibility index (Phi) is 5.42. The Labute approximate surface area is 122 Å². The monoisotopic (exact) mass is 332 g/mol. The molecule has 20 heavy (non-hydrogen) atoms. The summed E-state index contributed by atoms with van der Waals surface area (Å²) in [6.45, 7) is 2.38. The fourth-order valence-electron chi connectivity index (χ4n) is 2.09. The summed E-state index contributed by atoms with van der Waals surface area (Å²) in [5.74, 6) is -0.476. The number of nitrogens with two attached hydrogens (primary N) is 1. The van der Waals surface area contributed by atoms with E-state index >= 15 is 0 Å². The van der Waals surface area contributed by atoms with Crippen LogP contribution in [0.25, 0.3) is 0 Å². The molecule has 0 saturated carbocycles. The molecule has 0 aromatic heterocycles. The number of thiocarbonyl (C=S) groups is 1. The molecule has 0 aromatic rings. The largest absolute Gasteiger partial charge is 0.393 e. The molecule has 9 heteroatoms. The Morgan fingerprint density at radius 3 is 2.25 bits per heavy atom. The smallest absolute Gasteiger partial charge is 0.389 e. The maximum absolute atomic E-state index is 12.0. The summed E-state index contributed by atoms with van der Waals surface area (Å²) < 4.78 is 61.2. The molecule has 0 bridgehead atoms. The van der Waals surface area contributed by atoms with Crippen LogP contribution in [-0.2, 0) is 10.0 Å². The number of nitrogens with zero attached hydrogens (tertiary/aromatic N) is 1. The zero-order valence-electron chi connectivity index (χ0n) is 11.2. The van der Waals surface area contributed by atoms with Crippen LogP contribution in [0.4, 0.5) is 13.2 Å². The molecule has 0 amide bonds. The molecular weight excluding hydrogens is 313 g/mol. The lowest BCUT2D eigenvalue weighted by Crippen LogP contribution is -2.47. The quantitative estimate of drug-likeness (QED) is 0.783. The van der Waals surface area contributed by atoms with Gasteiger partial charge in [0.1, 0.15) is 0 Å². The first-order valence-electron chi connectivity index (χ1n) is 6.31. The molecule has 1 aliphatic heterocycles. The molecule has 1 heterocycles. The first-order valence-corrected chi connectivity index (χ1v) is 8.32. The van der Waals surface area contributed by atoms with Crippen molar-refractivity contribution >= 4 is 27.2 Å². The normalized spacial score (nSPS) is 20.8. The number of hydrogen-bond acceptors (Lipinski definition) is 3. The highest BCUT2D eigenvalue weighted by Crippen LogP contribution is 2.32. The lowest BCUT2D eigenvalue weighted by molar-refractivity contribution is -0.134. The molecule has 0 unspecified atom stereocenters. The Bertz CT molecular complexity index is 455. The second kappa shape index (κ2) is 6.15. The van der Waals surface area contributed by atoms with Crippen molar-refractivity contribution in [2.24, 2.45) is 11.1 Å². The predicted molar refractivity (Wildman–Crippen MR) is 74.8 cm³/mol. The molecule has 0 spiro atoms. The van der Waals surface area contributed by atoms with Crippen LogP contribution in [0.3, 0.4) is 0 Å². The third-order valence-corrected chi connectivity index (χ3v) is 6.13. The first kappa shape index (κ1) is 17.6. The lowest BCUT2D eigenvalue weighted by atomic mass is 9.81. The fraction of sp³-hybridized carbons (Fsp3) is 0.909. The van der Waals surface area contributed by atoms with Crippen molar-refractivity contribution in [2.45, 2.75) is 38.8 Å². The summed E-state index contributed by atoms with van der Waals surface area (Å²) >= 11 is 4.96.